The van der Waals surface area contributed by atoms with Gasteiger partial charge in [0.15, 0.2) is 9.90 Å². The second-order valence-electron chi connectivity index (χ2n) is 6.21. The molecule has 7 nitrogen and oxygen atoms in total. The van der Waals surface area contributed by atoms with Gasteiger partial charge in [0.05, 0.1) is 22.3 Å². The first-order valence-corrected chi connectivity index (χ1v) is 9.74. The number of benzene rings is 2. The molecule has 0 bridgehead atoms. The van der Waals surface area contributed by atoms with E-state index >= 15 is 0 Å². The van der Waals surface area contributed by atoms with Crippen molar-refractivity contribution in [1.82, 2.24) is 15.0 Å². The molecule has 29 heavy (non-hydrogen) atoms. The number of rotatable bonds is 4. The molecule has 4 rings (SSSR count). The van der Waals surface area contributed by atoms with Crippen LogP contribution >= 0.6 is 23.6 Å². The van der Waals surface area contributed by atoms with E-state index < -0.39 is 11.7 Å². The van der Waals surface area contributed by atoms with Gasteiger partial charge in [0, 0.05) is 23.6 Å². The molecule has 2 aromatic heterocycles. The summed E-state index contributed by atoms with van der Waals surface area (Å²) >= 11 is 6.27. The number of carbonyl (C=O) groups excluding carboxylic acids is 2. The lowest BCUT2D eigenvalue weighted by Gasteiger charge is -2.04. The van der Waals surface area contributed by atoms with Gasteiger partial charge >= 0.3 is 0 Å². The Morgan fingerprint density at radius 1 is 1.14 bits per heavy atom. The molecule has 0 atom stereocenters. The van der Waals surface area contributed by atoms with Crippen LogP contribution in [0.2, 0.25) is 0 Å². The topological polar surface area (TPSA) is 103 Å². The minimum atomic E-state index is -0.549. The zero-order valence-electron chi connectivity index (χ0n) is 15.0. The minimum absolute atomic E-state index is 0.128. The molecule has 0 spiro atoms. The Balaban J connectivity index is 1.56. The summed E-state index contributed by atoms with van der Waals surface area (Å²) in [7, 11) is 0. The highest BCUT2D eigenvalue weighted by molar-refractivity contribution is 7.71. The van der Waals surface area contributed by atoms with Crippen molar-refractivity contribution in [2.24, 2.45) is 0 Å². The number of thiazole rings is 1. The van der Waals surface area contributed by atoms with E-state index in [2.05, 4.69) is 25.6 Å². The highest BCUT2D eigenvalue weighted by Crippen LogP contribution is 2.27. The summed E-state index contributed by atoms with van der Waals surface area (Å²) in [5, 5.41) is 7.56. The Bertz CT molecular complexity index is 1290. The lowest BCUT2D eigenvalue weighted by atomic mass is 10.1. The van der Waals surface area contributed by atoms with E-state index in [1.165, 1.54) is 24.3 Å². The summed E-state index contributed by atoms with van der Waals surface area (Å²) in [6, 6.07) is 9.60. The van der Waals surface area contributed by atoms with Gasteiger partial charge in [-0.15, -0.1) is 11.3 Å². The minimum Gasteiger partial charge on any atom is -0.331 e. The maximum Gasteiger partial charge on any atom is 0.259 e. The van der Waals surface area contributed by atoms with Crippen LogP contribution in [0.3, 0.4) is 0 Å². The van der Waals surface area contributed by atoms with E-state index in [1.807, 2.05) is 12.1 Å². The van der Waals surface area contributed by atoms with Gasteiger partial charge in [0.2, 0.25) is 5.91 Å². The Kier molecular flexibility index (Phi) is 4.95. The maximum atomic E-state index is 13.9. The zero-order chi connectivity index (χ0) is 20.5. The Morgan fingerprint density at radius 2 is 1.90 bits per heavy atom. The van der Waals surface area contributed by atoms with E-state index in [9.17, 15) is 14.0 Å². The molecule has 0 radical (unpaired) electrons. The van der Waals surface area contributed by atoms with Crippen LogP contribution in [-0.4, -0.2) is 26.8 Å². The molecule has 0 aliphatic rings. The largest absolute Gasteiger partial charge is 0.331 e. The third kappa shape index (κ3) is 4.08. The first kappa shape index (κ1) is 19.0. The van der Waals surface area contributed by atoms with Crippen molar-refractivity contribution >= 4 is 57.2 Å². The number of aromatic nitrogens is 3. The molecular formula is C19H14FN5O2S2. The Morgan fingerprint density at radius 3 is 2.62 bits per heavy atom. The first-order chi connectivity index (χ1) is 13.9. The molecule has 0 saturated heterocycles. The van der Waals surface area contributed by atoms with E-state index in [0.29, 0.717) is 32.3 Å². The summed E-state index contributed by atoms with van der Waals surface area (Å²) in [5.74, 6) is -1.20. The molecule has 2 amide bonds. The zero-order valence-corrected chi connectivity index (χ0v) is 16.6. The van der Waals surface area contributed by atoms with Crippen LogP contribution in [0.1, 0.15) is 17.3 Å². The number of H-pyrrole nitrogens is 2. The van der Waals surface area contributed by atoms with E-state index in [-0.39, 0.29) is 11.5 Å². The van der Waals surface area contributed by atoms with E-state index in [1.54, 1.807) is 17.5 Å². The van der Waals surface area contributed by atoms with Crippen molar-refractivity contribution in [1.29, 1.82) is 0 Å². The monoisotopic (exact) mass is 427 g/mol. The lowest BCUT2D eigenvalue weighted by molar-refractivity contribution is -0.114. The number of nitrogens with one attached hydrogen (secondary N) is 4. The third-order valence-electron chi connectivity index (χ3n) is 4.06. The third-order valence-corrected chi connectivity index (χ3v) is 5.02. The number of hydrogen-bond donors (Lipinski definition) is 4. The van der Waals surface area contributed by atoms with E-state index in [4.69, 9.17) is 12.2 Å². The van der Waals surface area contributed by atoms with Crippen LogP contribution in [0.25, 0.3) is 22.3 Å². The molecule has 0 saturated carbocycles. The van der Waals surface area contributed by atoms with Crippen molar-refractivity contribution in [3.8, 4) is 11.3 Å². The molecular weight excluding hydrogens is 413 g/mol. The molecule has 4 N–H and O–H groups in total. The van der Waals surface area contributed by atoms with Gasteiger partial charge in [-0.05, 0) is 36.5 Å². The van der Waals surface area contributed by atoms with Crippen LogP contribution in [0, 0.1) is 10.6 Å². The number of carbonyl (C=O) groups is 2. The first-order valence-electron chi connectivity index (χ1n) is 8.45. The van der Waals surface area contributed by atoms with Crippen molar-refractivity contribution < 1.29 is 14.0 Å². The average Bonchev–Trinajstić information content (AvgIpc) is 3.26. The average molecular weight is 427 g/mol. The maximum absolute atomic E-state index is 13.9. The molecule has 0 fully saturated rings. The summed E-state index contributed by atoms with van der Waals surface area (Å²) in [5.41, 5.74) is 3.16. The predicted molar refractivity (Wildman–Crippen MR) is 113 cm³/mol. The highest BCUT2D eigenvalue weighted by Gasteiger charge is 2.16. The van der Waals surface area contributed by atoms with Crippen LogP contribution < -0.4 is 10.6 Å². The lowest BCUT2D eigenvalue weighted by Crippen LogP contribution is -2.12. The van der Waals surface area contributed by atoms with Gasteiger partial charge in [0.1, 0.15) is 5.82 Å². The number of aromatic amines is 2. The highest BCUT2D eigenvalue weighted by atomic mass is 32.1. The molecule has 0 unspecified atom stereocenters. The number of fused-ring (bicyclic) bond motifs is 1. The van der Waals surface area contributed by atoms with Crippen LogP contribution in [-0.2, 0) is 4.79 Å². The predicted octanol–water partition coefficient (Wildman–Crippen LogP) is 4.70. The SMILES string of the molecule is CC(=O)Nc1ccc(-c2csc(NC(=O)c3cc(F)cc4[nH]c(=S)[nH]c34)n2)cc1. The fraction of sp³-hybridized carbons (Fsp3) is 0.0526. The quantitative estimate of drug-likeness (QED) is 0.355. The van der Waals surface area contributed by atoms with Crippen molar-refractivity contribution in [3.63, 3.8) is 0 Å². The molecule has 4 aromatic rings. The number of imidazole rings is 1. The van der Waals surface area contributed by atoms with Gasteiger partial charge in [-0.3, -0.25) is 14.9 Å². The van der Waals surface area contributed by atoms with Gasteiger partial charge in [-0.25, -0.2) is 9.37 Å². The van der Waals surface area contributed by atoms with Gasteiger partial charge in [-0.1, -0.05) is 12.1 Å². The van der Waals surface area contributed by atoms with Crippen molar-refractivity contribution in [3.05, 3.63) is 57.9 Å². The molecule has 2 aromatic carbocycles. The summed E-state index contributed by atoms with van der Waals surface area (Å²) in [4.78, 5) is 33.8. The van der Waals surface area contributed by atoms with Crippen LogP contribution in [0.5, 0.6) is 0 Å². The standard InChI is InChI=1S/C19H14FN5O2S2/c1-9(26)21-12-4-2-10(3-5-12)15-8-29-19(23-15)25-17(27)13-6-11(20)7-14-16(13)24-18(28)22-14/h2-8H,1H3,(H,21,26)(H2,22,24,28)(H,23,25,27). The van der Waals surface area contributed by atoms with Crippen LogP contribution in [0.4, 0.5) is 15.2 Å². The second kappa shape index (κ2) is 7.57. The number of amides is 2. The Hall–Kier alpha value is -3.37. The second-order valence-corrected chi connectivity index (χ2v) is 7.47. The fourth-order valence-electron chi connectivity index (χ4n) is 2.84. The number of anilines is 2. The smallest absolute Gasteiger partial charge is 0.259 e. The van der Waals surface area contributed by atoms with Crippen LogP contribution in [0.15, 0.2) is 41.8 Å². The number of hydrogen-bond acceptors (Lipinski definition) is 5. The van der Waals surface area contributed by atoms with Gasteiger partial charge in [-0.2, -0.15) is 0 Å². The summed E-state index contributed by atoms with van der Waals surface area (Å²) in [6.07, 6.45) is 0. The van der Waals surface area contributed by atoms with E-state index in [0.717, 1.165) is 11.6 Å². The molecule has 2 heterocycles. The summed E-state index contributed by atoms with van der Waals surface area (Å²) in [6.45, 7) is 1.44. The number of halogens is 1. The molecule has 146 valence electrons. The Labute approximate surface area is 173 Å². The van der Waals surface area contributed by atoms with Gasteiger partial charge in [0.25, 0.3) is 5.91 Å². The molecule has 0 aliphatic heterocycles. The van der Waals surface area contributed by atoms with Crippen molar-refractivity contribution in [2.75, 3.05) is 10.6 Å². The molecule has 0 aliphatic carbocycles. The fourth-order valence-corrected chi connectivity index (χ4v) is 3.77. The number of nitrogens with zero attached hydrogens (tertiary/aromatic N) is 1. The van der Waals surface area contributed by atoms with Gasteiger partial charge < -0.3 is 15.3 Å². The van der Waals surface area contributed by atoms with Crippen molar-refractivity contribution in [2.45, 2.75) is 6.92 Å². The normalized spacial score (nSPS) is 10.8. The molecule has 10 heteroatoms. The summed E-state index contributed by atoms with van der Waals surface area (Å²) < 4.78 is 14.2.